The van der Waals surface area contributed by atoms with E-state index in [2.05, 4.69) is 41.7 Å². The van der Waals surface area contributed by atoms with E-state index >= 15 is 0 Å². The summed E-state index contributed by atoms with van der Waals surface area (Å²) in [6, 6.07) is 36.6. The Hall–Kier alpha value is -3.72. The Morgan fingerprint density at radius 3 is 1.40 bits per heavy atom. The molecule has 0 saturated carbocycles. The molecule has 3 heteroatoms. The Morgan fingerprint density at radius 2 is 0.933 bits per heavy atom. The summed E-state index contributed by atoms with van der Waals surface area (Å²) in [5.41, 5.74) is 4.45. The minimum atomic E-state index is 0.515. The third kappa shape index (κ3) is 5.89. The Kier molecular flexibility index (Phi) is 6.64. The van der Waals surface area contributed by atoms with Gasteiger partial charge in [0, 0.05) is 30.4 Å². The summed E-state index contributed by atoms with van der Waals surface area (Å²) in [5, 5.41) is 3.48. The molecule has 4 rings (SSSR count). The van der Waals surface area contributed by atoms with Crippen LogP contribution in [0.1, 0.15) is 16.7 Å². The number of anilines is 1. The monoisotopic (exact) mass is 395 g/mol. The minimum absolute atomic E-state index is 0.515. The normalized spacial score (nSPS) is 10.4. The van der Waals surface area contributed by atoms with Gasteiger partial charge in [-0.25, -0.2) is 0 Å². The van der Waals surface area contributed by atoms with Crippen molar-refractivity contribution < 1.29 is 9.47 Å². The maximum Gasteiger partial charge on any atom is 0.125 e. The van der Waals surface area contributed by atoms with E-state index in [0.717, 1.165) is 34.9 Å². The van der Waals surface area contributed by atoms with E-state index in [1.54, 1.807) is 0 Å². The number of ether oxygens (including phenoxy) is 2. The van der Waals surface area contributed by atoms with E-state index in [1.165, 1.54) is 5.56 Å². The lowest BCUT2D eigenvalue weighted by Gasteiger charge is -2.14. The van der Waals surface area contributed by atoms with Crippen LogP contribution >= 0.6 is 0 Å². The molecule has 0 bridgehead atoms. The molecule has 30 heavy (non-hydrogen) atoms. The topological polar surface area (TPSA) is 30.5 Å². The second-order valence-electron chi connectivity index (χ2n) is 7.08. The highest BCUT2D eigenvalue weighted by Gasteiger charge is 2.05. The number of hydrogen-bond donors (Lipinski definition) is 1. The fourth-order valence-corrected chi connectivity index (χ4v) is 3.12. The number of benzene rings is 4. The predicted octanol–water partition coefficient (Wildman–Crippen LogP) is 6.46. The molecule has 0 saturated heterocycles. The van der Waals surface area contributed by atoms with Crippen LogP contribution in [0, 0.1) is 0 Å². The van der Waals surface area contributed by atoms with Crippen LogP contribution in [0.3, 0.4) is 0 Å². The first-order valence-corrected chi connectivity index (χ1v) is 10.1. The van der Waals surface area contributed by atoms with Crippen molar-refractivity contribution in [3.8, 4) is 11.5 Å². The molecule has 0 aromatic heterocycles. The highest BCUT2D eigenvalue weighted by Crippen LogP contribution is 2.28. The van der Waals surface area contributed by atoms with E-state index in [1.807, 2.05) is 72.8 Å². The van der Waals surface area contributed by atoms with Gasteiger partial charge >= 0.3 is 0 Å². The molecule has 0 radical (unpaired) electrons. The molecule has 0 atom stereocenters. The molecule has 150 valence electrons. The third-order valence-corrected chi connectivity index (χ3v) is 4.72. The van der Waals surface area contributed by atoms with Crippen molar-refractivity contribution in [3.63, 3.8) is 0 Å². The van der Waals surface area contributed by atoms with Gasteiger partial charge in [-0.15, -0.1) is 0 Å². The molecule has 0 spiro atoms. The second-order valence-corrected chi connectivity index (χ2v) is 7.08. The first kappa shape index (κ1) is 19.6. The number of rotatable bonds is 9. The van der Waals surface area contributed by atoms with Crippen molar-refractivity contribution in [2.45, 2.75) is 19.8 Å². The van der Waals surface area contributed by atoms with Gasteiger partial charge in [0.25, 0.3) is 0 Å². The van der Waals surface area contributed by atoms with Crippen LogP contribution in [-0.2, 0) is 19.8 Å². The van der Waals surface area contributed by atoms with Crippen LogP contribution in [0.15, 0.2) is 109 Å². The van der Waals surface area contributed by atoms with E-state index < -0.39 is 0 Å². The lowest BCUT2D eigenvalue weighted by atomic mass is 10.2. The molecule has 3 nitrogen and oxygen atoms in total. The van der Waals surface area contributed by atoms with E-state index in [4.69, 9.17) is 9.47 Å². The van der Waals surface area contributed by atoms with Gasteiger partial charge in [0.2, 0.25) is 0 Å². The Morgan fingerprint density at radius 1 is 0.500 bits per heavy atom. The van der Waals surface area contributed by atoms with Gasteiger partial charge in [0.15, 0.2) is 0 Å². The lowest BCUT2D eigenvalue weighted by molar-refractivity contribution is 0.290. The first-order chi connectivity index (χ1) is 14.8. The summed E-state index contributed by atoms with van der Waals surface area (Å²) in [7, 11) is 0. The van der Waals surface area contributed by atoms with Crippen molar-refractivity contribution in [1.29, 1.82) is 0 Å². The molecule has 0 unspecified atom stereocenters. The fraction of sp³-hybridized carbons (Fsp3) is 0.111. The van der Waals surface area contributed by atoms with E-state index in [9.17, 15) is 0 Å². The molecule has 4 aromatic carbocycles. The van der Waals surface area contributed by atoms with Crippen LogP contribution in [0.4, 0.5) is 5.69 Å². The Labute approximate surface area is 177 Å². The molecule has 1 N–H and O–H groups in total. The van der Waals surface area contributed by atoms with Crippen LogP contribution < -0.4 is 14.8 Å². The Bertz CT molecular complexity index is 885. The quantitative estimate of drug-likeness (QED) is 0.353. The number of hydrogen-bond acceptors (Lipinski definition) is 3. The van der Waals surface area contributed by atoms with Crippen LogP contribution in [-0.4, -0.2) is 0 Å². The zero-order valence-corrected chi connectivity index (χ0v) is 16.8. The standard InChI is InChI=1S/C27H25NO2/c1-4-10-22(11-5-1)19-28-25-16-26(29-20-23-12-6-2-7-13-23)18-27(17-25)30-21-24-14-8-3-9-15-24/h1-18,28H,19-21H2. The van der Waals surface area contributed by atoms with Crippen LogP contribution in [0.2, 0.25) is 0 Å². The highest BCUT2D eigenvalue weighted by atomic mass is 16.5. The van der Waals surface area contributed by atoms with Crippen molar-refractivity contribution >= 4 is 5.69 Å². The summed E-state index contributed by atoms with van der Waals surface area (Å²) in [6.07, 6.45) is 0. The first-order valence-electron chi connectivity index (χ1n) is 10.1. The molecular weight excluding hydrogens is 370 g/mol. The average Bonchev–Trinajstić information content (AvgIpc) is 2.82. The SMILES string of the molecule is c1ccc(CNc2cc(OCc3ccccc3)cc(OCc3ccccc3)c2)cc1. The predicted molar refractivity (Wildman–Crippen MR) is 122 cm³/mol. The summed E-state index contributed by atoms with van der Waals surface area (Å²) >= 11 is 0. The van der Waals surface area contributed by atoms with Crippen LogP contribution in [0.5, 0.6) is 11.5 Å². The van der Waals surface area contributed by atoms with E-state index in [-0.39, 0.29) is 0 Å². The van der Waals surface area contributed by atoms with E-state index in [0.29, 0.717) is 13.2 Å². The van der Waals surface area contributed by atoms with Gasteiger partial charge in [-0.2, -0.15) is 0 Å². The molecule has 0 fully saturated rings. The van der Waals surface area contributed by atoms with Gasteiger partial charge in [-0.05, 0) is 16.7 Å². The molecule has 0 aliphatic heterocycles. The van der Waals surface area contributed by atoms with Gasteiger partial charge in [-0.1, -0.05) is 91.0 Å². The zero-order valence-electron chi connectivity index (χ0n) is 16.8. The summed E-state index contributed by atoms with van der Waals surface area (Å²) in [4.78, 5) is 0. The lowest BCUT2D eigenvalue weighted by Crippen LogP contribution is -2.02. The molecule has 0 heterocycles. The largest absolute Gasteiger partial charge is 0.489 e. The molecule has 0 amide bonds. The summed E-state index contributed by atoms with van der Waals surface area (Å²) in [5.74, 6) is 1.56. The smallest absolute Gasteiger partial charge is 0.125 e. The highest BCUT2D eigenvalue weighted by molar-refractivity contribution is 5.54. The Balaban J connectivity index is 1.48. The van der Waals surface area contributed by atoms with Gasteiger partial charge in [0.1, 0.15) is 24.7 Å². The molecular formula is C27H25NO2. The summed E-state index contributed by atoms with van der Waals surface area (Å²) in [6.45, 7) is 1.77. The second kappa shape index (κ2) is 10.2. The maximum absolute atomic E-state index is 6.06. The molecule has 0 aliphatic carbocycles. The fourth-order valence-electron chi connectivity index (χ4n) is 3.12. The van der Waals surface area contributed by atoms with Crippen molar-refractivity contribution in [3.05, 3.63) is 126 Å². The average molecular weight is 396 g/mol. The minimum Gasteiger partial charge on any atom is -0.489 e. The van der Waals surface area contributed by atoms with Gasteiger partial charge < -0.3 is 14.8 Å². The molecule has 4 aromatic rings. The van der Waals surface area contributed by atoms with Crippen molar-refractivity contribution in [2.75, 3.05) is 5.32 Å². The van der Waals surface area contributed by atoms with Crippen LogP contribution in [0.25, 0.3) is 0 Å². The molecule has 0 aliphatic rings. The zero-order chi connectivity index (χ0) is 20.4. The van der Waals surface area contributed by atoms with Crippen molar-refractivity contribution in [1.82, 2.24) is 0 Å². The summed E-state index contributed by atoms with van der Waals surface area (Å²) < 4.78 is 12.1. The number of nitrogens with one attached hydrogen (secondary N) is 1. The third-order valence-electron chi connectivity index (χ3n) is 4.72. The van der Waals surface area contributed by atoms with Crippen molar-refractivity contribution in [2.24, 2.45) is 0 Å². The van der Waals surface area contributed by atoms with Gasteiger partial charge in [-0.3, -0.25) is 0 Å². The maximum atomic E-state index is 6.06. The van der Waals surface area contributed by atoms with Gasteiger partial charge in [0.05, 0.1) is 0 Å².